The first-order valence-electron chi connectivity index (χ1n) is 9.43. The quantitative estimate of drug-likeness (QED) is 0.310. The fourth-order valence-electron chi connectivity index (χ4n) is 3.23. The molecule has 1 aliphatic rings. The molecule has 6 nitrogen and oxygen atoms in total. The molecule has 5 atom stereocenters. The molecule has 1 saturated carbocycles. The molecule has 0 bridgehead atoms. The first-order valence-corrected chi connectivity index (χ1v) is 9.43. The van der Waals surface area contributed by atoms with Gasteiger partial charge >= 0.3 is 5.97 Å². The molecule has 0 spiro atoms. The van der Waals surface area contributed by atoms with Crippen LogP contribution in [0, 0.1) is 11.8 Å². The molecular formula is C20H32O6. The number of hydrogen-bond donors (Lipinski definition) is 4. The molecule has 0 radical (unpaired) electrons. The van der Waals surface area contributed by atoms with Crippen LogP contribution in [0.25, 0.3) is 0 Å². The standard InChI is InChI=1S/C20H32O6/c1-14(21)7-6-8-15(22)11-12-17-16(18(23)13-19(17)24)9-4-2-3-5-10-20(25)26/h2,4,11-12,14-17,19,21-22,24H,3,5-10,13H2,1H3,(H,25,26)/b4-2-,12-11+/t14?,15-,16+,17+,19+/m0/s1. The van der Waals surface area contributed by atoms with E-state index < -0.39 is 18.2 Å². The van der Waals surface area contributed by atoms with Crippen LogP contribution in [-0.4, -0.2) is 50.5 Å². The second kappa shape index (κ2) is 12.0. The average molecular weight is 368 g/mol. The molecule has 0 heterocycles. The molecule has 1 rings (SSSR count). The summed E-state index contributed by atoms with van der Waals surface area (Å²) in [5.74, 6) is -1.41. The van der Waals surface area contributed by atoms with Crippen molar-refractivity contribution in [3.63, 3.8) is 0 Å². The number of carboxylic acids is 1. The molecule has 0 aromatic carbocycles. The summed E-state index contributed by atoms with van der Waals surface area (Å²) < 4.78 is 0. The van der Waals surface area contributed by atoms with Gasteiger partial charge in [-0.25, -0.2) is 0 Å². The molecule has 26 heavy (non-hydrogen) atoms. The largest absolute Gasteiger partial charge is 0.481 e. The molecule has 0 aliphatic heterocycles. The highest BCUT2D eigenvalue weighted by atomic mass is 16.4. The molecule has 1 aliphatic carbocycles. The number of carbonyl (C=O) groups is 2. The Morgan fingerprint density at radius 2 is 1.96 bits per heavy atom. The zero-order valence-corrected chi connectivity index (χ0v) is 15.5. The number of unbranched alkanes of at least 4 members (excludes halogenated alkanes) is 1. The number of ketones is 1. The summed E-state index contributed by atoms with van der Waals surface area (Å²) in [5.41, 5.74) is 0. The maximum atomic E-state index is 12.1. The van der Waals surface area contributed by atoms with Gasteiger partial charge in [0, 0.05) is 24.7 Å². The second-order valence-corrected chi connectivity index (χ2v) is 7.15. The number of carboxylic acid groups (broad SMARTS) is 1. The van der Waals surface area contributed by atoms with Crippen molar-refractivity contribution in [1.82, 2.24) is 0 Å². The minimum Gasteiger partial charge on any atom is -0.481 e. The third kappa shape index (κ3) is 8.74. The molecule has 1 unspecified atom stereocenters. The number of rotatable bonds is 12. The number of carbonyl (C=O) groups excluding carboxylic acids is 1. The number of aliphatic hydroxyl groups is 3. The molecular weight excluding hydrogens is 336 g/mol. The van der Waals surface area contributed by atoms with Gasteiger partial charge in [0.05, 0.1) is 18.3 Å². The summed E-state index contributed by atoms with van der Waals surface area (Å²) in [6.07, 6.45) is 9.23. The smallest absolute Gasteiger partial charge is 0.303 e. The van der Waals surface area contributed by atoms with Crippen LogP contribution in [-0.2, 0) is 9.59 Å². The van der Waals surface area contributed by atoms with Crippen LogP contribution in [0.1, 0.15) is 58.3 Å². The second-order valence-electron chi connectivity index (χ2n) is 7.15. The van der Waals surface area contributed by atoms with Gasteiger partial charge in [-0.1, -0.05) is 24.3 Å². The SMILES string of the molecule is CC(O)CCC[C@H](O)/C=C/[C@H]1[C@H](O)CC(=O)[C@@H]1C/C=C\CCCC(=O)O. The van der Waals surface area contributed by atoms with Gasteiger partial charge in [0.15, 0.2) is 0 Å². The Kier molecular flexibility index (Phi) is 10.4. The summed E-state index contributed by atoms with van der Waals surface area (Å²) >= 11 is 0. The van der Waals surface area contributed by atoms with Gasteiger partial charge in [-0.2, -0.15) is 0 Å². The van der Waals surface area contributed by atoms with E-state index >= 15 is 0 Å². The van der Waals surface area contributed by atoms with Crippen molar-refractivity contribution >= 4 is 11.8 Å². The normalized spacial score (nSPS) is 26.0. The number of allylic oxidation sites excluding steroid dienone is 2. The highest BCUT2D eigenvalue weighted by molar-refractivity contribution is 5.84. The Balaban J connectivity index is 2.47. The maximum Gasteiger partial charge on any atom is 0.303 e. The number of Topliss-reactive ketones (excluding diaryl/α,β-unsaturated/α-hetero) is 1. The van der Waals surface area contributed by atoms with E-state index in [0.29, 0.717) is 38.5 Å². The van der Waals surface area contributed by atoms with E-state index in [1.165, 1.54) is 0 Å². The Morgan fingerprint density at radius 1 is 1.23 bits per heavy atom. The Morgan fingerprint density at radius 3 is 2.62 bits per heavy atom. The third-order valence-electron chi connectivity index (χ3n) is 4.73. The topological polar surface area (TPSA) is 115 Å². The average Bonchev–Trinajstić information content (AvgIpc) is 2.81. The highest BCUT2D eigenvalue weighted by Gasteiger charge is 2.39. The van der Waals surface area contributed by atoms with Crippen LogP contribution in [0.2, 0.25) is 0 Å². The van der Waals surface area contributed by atoms with Crippen LogP contribution >= 0.6 is 0 Å². The van der Waals surface area contributed by atoms with E-state index in [9.17, 15) is 24.9 Å². The predicted molar refractivity (Wildman–Crippen MR) is 98.5 cm³/mol. The molecule has 6 heteroatoms. The fraction of sp³-hybridized carbons (Fsp3) is 0.700. The lowest BCUT2D eigenvalue weighted by molar-refractivity contribution is -0.137. The van der Waals surface area contributed by atoms with E-state index in [1.807, 2.05) is 12.2 Å². The maximum absolute atomic E-state index is 12.1. The number of aliphatic carboxylic acids is 1. The van der Waals surface area contributed by atoms with Gasteiger partial charge in [-0.15, -0.1) is 0 Å². The van der Waals surface area contributed by atoms with Crippen LogP contribution in [0.15, 0.2) is 24.3 Å². The summed E-state index contributed by atoms with van der Waals surface area (Å²) in [4.78, 5) is 22.6. The van der Waals surface area contributed by atoms with Gasteiger partial charge in [-0.3, -0.25) is 9.59 Å². The van der Waals surface area contributed by atoms with Crippen molar-refractivity contribution in [2.45, 2.75) is 76.6 Å². The van der Waals surface area contributed by atoms with Crippen LogP contribution in [0.3, 0.4) is 0 Å². The first-order chi connectivity index (χ1) is 12.3. The molecule has 0 amide bonds. The fourth-order valence-corrected chi connectivity index (χ4v) is 3.23. The van der Waals surface area contributed by atoms with Gasteiger partial charge in [0.25, 0.3) is 0 Å². The number of aliphatic hydroxyl groups excluding tert-OH is 3. The van der Waals surface area contributed by atoms with Gasteiger partial charge in [-0.05, 0) is 45.4 Å². The molecule has 1 fully saturated rings. The molecule has 4 N–H and O–H groups in total. The third-order valence-corrected chi connectivity index (χ3v) is 4.73. The van der Waals surface area contributed by atoms with Crippen molar-refractivity contribution < 1.29 is 30.0 Å². The van der Waals surface area contributed by atoms with E-state index in [4.69, 9.17) is 5.11 Å². The van der Waals surface area contributed by atoms with Crippen molar-refractivity contribution in [2.24, 2.45) is 11.8 Å². The molecule has 0 aromatic heterocycles. The monoisotopic (exact) mass is 368 g/mol. The summed E-state index contributed by atoms with van der Waals surface area (Å²) in [6, 6.07) is 0. The highest BCUT2D eigenvalue weighted by Crippen LogP contribution is 2.33. The lowest BCUT2D eigenvalue weighted by Crippen LogP contribution is -2.18. The summed E-state index contributed by atoms with van der Waals surface area (Å²) in [6.45, 7) is 1.71. The molecule has 148 valence electrons. The lowest BCUT2D eigenvalue weighted by atomic mass is 9.90. The minimum absolute atomic E-state index is 0.0194. The van der Waals surface area contributed by atoms with Crippen molar-refractivity contribution in [1.29, 1.82) is 0 Å². The Bertz CT molecular complexity index is 497. The van der Waals surface area contributed by atoms with E-state index in [0.717, 1.165) is 0 Å². The van der Waals surface area contributed by atoms with Crippen LogP contribution in [0.5, 0.6) is 0 Å². The summed E-state index contributed by atoms with van der Waals surface area (Å²) in [5, 5.41) is 37.9. The van der Waals surface area contributed by atoms with Gasteiger partial charge in [0.1, 0.15) is 5.78 Å². The van der Waals surface area contributed by atoms with Crippen LogP contribution < -0.4 is 0 Å². The summed E-state index contributed by atoms with van der Waals surface area (Å²) in [7, 11) is 0. The van der Waals surface area contributed by atoms with Crippen LogP contribution in [0.4, 0.5) is 0 Å². The molecule has 0 saturated heterocycles. The van der Waals surface area contributed by atoms with E-state index in [1.54, 1.807) is 19.1 Å². The zero-order valence-electron chi connectivity index (χ0n) is 15.5. The van der Waals surface area contributed by atoms with Gasteiger partial charge < -0.3 is 20.4 Å². The van der Waals surface area contributed by atoms with E-state index in [2.05, 4.69) is 0 Å². The van der Waals surface area contributed by atoms with Crippen molar-refractivity contribution in [3.05, 3.63) is 24.3 Å². The van der Waals surface area contributed by atoms with Crippen molar-refractivity contribution in [2.75, 3.05) is 0 Å². The van der Waals surface area contributed by atoms with Crippen molar-refractivity contribution in [3.8, 4) is 0 Å². The van der Waals surface area contributed by atoms with Gasteiger partial charge in [0.2, 0.25) is 0 Å². The number of hydrogen-bond acceptors (Lipinski definition) is 5. The minimum atomic E-state index is -0.815. The Labute approximate surface area is 155 Å². The zero-order chi connectivity index (χ0) is 19.5. The molecule has 0 aromatic rings. The Hall–Kier alpha value is -1.50. The first kappa shape index (κ1) is 22.5. The van der Waals surface area contributed by atoms with E-state index in [-0.39, 0.29) is 36.6 Å². The lowest BCUT2D eigenvalue weighted by Gasteiger charge is -2.16. The predicted octanol–water partition coefficient (Wildman–Crippen LogP) is 2.22.